The molecule has 0 radical (unpaired) electrons. The fourth-order valence-electron chi connectivity index (χ4n) is 7.69. The molecule has 1 spiro atoms. The number of carbonyl (C=O) groups excluding carboxylic acids is 1. The lowest BCUT2D eigenvalue weighted by Gasteiger charge is -2.59. The van der Waals surface area contributed by atoms with E-state index < -0.39 is 14.6 Å². The first-order chi connectivity index (χ1) is 14.4. The van der Waals surface area contributed by atoms with E-state index in [1.54, 1.807) is 18.5 Å². The molecule has 1 amide bonds. The molecule has 6 aliphatic rings. The summed E-state index contributed by atoms with van der Waals surface area (Å²) in [5.41, 5.74) is -0.206. The average Bonchev–Trinajstić information content (AvgIpc) is 2.95. The van der Waals surface area contributed by atoms with Gasteiger partial charge in [0.15, 0.2) is 9.84 Å². The van der Waals surface area contributed by atoms with Gasteiger partial charge in [-0.15, -0.1) is 0 Å². The molecule has 162 valence electrons. The maximum Gasteiger partial charge on any atom is 0.316 e. The van der Waals surface area contributed by atoms with Crippen LogP contribution in [0.4, 0.5) is 0 Å². The number of hydrogen-bond donors (Lipinski definition) is 0. The molecule has 2 aliphatic heterocycles. The van der Waals surface area contributed by atoms with E-state index >= 15 is 0 Å². The summed E-state index contributed by atoms with van der Waals surface area (Å²) in [6.07, 6.45) is 10.7. The molecule has 1 aromatic rings. The predicted molar refractivity (Wildman–Crippen MR) is 109 cm³/mol. The lowest BCUT2D eigenvalue weighted by molar-refractivity contribution is -0.164. The number of likely N-dealkylation sites (tertiary alicyclic amines) is 1. The van der Waals surface area contributed by atoms with Crippen LogP contribution in [0.3, 0.4) is 0 Å². The molecular formula is C22H29N3O4S. The summed E-state index contributed by atoms with van der Waals surface area (Å²) < 4.78 is 30.8. The third-order valence-corrected chi connectivity index (χ3v) is 11.4. The van der Waals surface area contributed by atoms with Crippen molar-refractivity contribution in [2.45, 2.75) is 49.7 Å². The molecule has 4 aliphatic carbocycles. The fourth-order valence-corrected chi connectivity index (χ4v) is 10.1. The van der Waals surface area contributed by atoms with Crippen LogP contribution in [-0.2, 0) is 14.6 Å². The van der Waals surface area contributed by atoms with Crippen molar-refractivity contribution in [3.63, 3.8) is 0 Å². The first-order valence-electron chi connectivity index (χ1n) is 11.3. The smallest absolute Gasteiger partial charge is 0.316 e. The summed E-state index contributed by atoms with van der Waals surface area (Å²) in [5.74, 6) is 2.41. The Morgan fingerprint density at radius 1 is 1.07 bits per heavy atom. The highest BCUT2D eigenvalue weighted by molar-refractivity contribution is 7.93. The van der Waals surface area contributed by atoms with Gasteiger partial charge in [0.25, 0.3) is 0 Å². The maximum atomic E-state index is 13.6. The van der Waals surface area contributed by atoms with Gasteiger partial charge in [0.2, 0.25) is 5.91 Å². The summed E-state index contributed by atoms with van der Waals surface area (Å²) in [4.78, 5) is 23.6. The van der Waals surface area contributed by atoms with Gasteiger partial charge in [-0.25, -0.2) is 18.4 Å². The van der Waals surface area contributed by atoms with Gasteiger partial charge in [0.05, 0.1) is 17.8 Å². The van der Waals surface area contributed by atoms with Crippen molar-refractivity contribution in [2.75, 3.05) is 25.4 Å². The van der Waals surface area contributed by atoms with E-state index in [2.05, 4.69) is 9.97 Å². The highest BCUT2D eigenvalue weighted by Crippen LogP contribution is 2.61. The highest BCUT2D eigenvalue weighted by Gasteiger charge is 2.65. The molecule has 3 heterocycles. The molecule has 0 aromatic carbocycles. The fraction of sp³-hybridized carbons (Fsp3) is 0.773. The van der Waals surface area contributed by atoms with Crippen LogP contribution >= 0.6 is 0 Å². The second-order valence-electron chi connectivity index (χ2n) is 10.6. The Morgan fingerprint density at radius 3 is 2.27 bits per heavy atom. The number of rotatable bonds is 4. The lowest BCUT2D eigenvalue weighted by Crippen LogP contribution is -2.71. The molecule has 30 heavy (non-hydrogen) atoms. The van der Waals surface area contributed by atoms with Gasteiger partial charge in [0.1, 0.15) is 4.75 Å². The molecule has 1 atom stereocenters. The van der Waals surface area contributed by atoms with Crippen LogP contribution in [0.5, 0.6) is 6.01 Å². The molecule has 2 saturated heterocycles. The number of hydrogen-bond acceptors (Lipinski definition) is 6. The molecular weight excluding hydrogens is 402 g/mol. The third kappa shape index (κ3) is 2.68. The number of ether oxygens (including phenoxy) is 1. The maximum absolute atomic E-state index is 13.6. The van der Waals surface area contributed by atoms with Crippen LogP contribution in [-0.4, -0.2) is 59.4 Å². The zero-order valence-corrected chi connectivity index (χ0v) is 18.0. The van der Waals surface area contributed by atoms with Crippen molar-refractivity contribution in [1.82, 2.24) is 14.9 Å². The van der Waals surface area contributed by atoms with Crippen molar-refractivity contribution in [3.05, 3.63) is 18.5 Å². The minimum atomic E-state index is -3.24. The van der Waals surface area contributed by atoms with Gasteiger partial charge in [-0.2, -0.15) is 0 Å². The van der Waals surface area contributed by atoms with Gasteiger partial charge in [-0.3, -0.25) is 4.79 Å². The Morgan fingerprint density at radius 2 is 1.67 bits per heavy atom. The van der Waals surface area contributed by atoms with Crippen LogP contribution in [0, 0.1) is 29.1 Å². The standard InChI is InChI=1S/C22H29N3O4S/c26-19(21-9-15-6-16(10-21)8-17(7-15)11-21)25-13-22(14-25)18(2-5-30(22,27)28)12-29-20-23-3-1-4-24-20/h1,3-4,15-18H,2,5-14H2/t15?,16?,17?,18-,21?/m0/s1. The van der Waals surface area contributed by atoms with E-state index in [1.165, 1.54) is 19.3 Å². The quantitative estimate of drug-likeness (QED) is 0.725. The second-order valence-corrected chi connectivity index (χ2v) is 13.0. The Kier molecular flexibility index (Phi) is 4.06. The van der Waals surface area contributed by atoms with Crippen LogP contribution in [0.2, 0.25) is 0 Å². The van der Waals surface area contributed by atoms with Gasteiger partial charge in [-0.05, 0) is 68.8 Å². The zero-order valence-electron chi connectivity index (χ0n) is 17.2. The van der Waals surface area contributed by atoms with E-state index in [9.17, 15) is 13.2 Å². The Hall–Kier alpha value is -1.70. The molecule has 1 aromatic heterocycles. The van der Waals surface area contributed by atoms with Crippen molar-refractivity contribution in [1.29, 1.82) is 0 Å². The van der Waals surface area contributed by atoms with Crippen molar-refractivity contribution < 1.29 is 17.9 Å². The Balaban J connectivity index is 1.18. The summed E-state index contributed by atoms with van der Waals surface area (Å²) in [6.45, 7) is 0.946. The molecule has 7 rings (SSSR count). The molecule has 4 saturated carbocycles. The van der Waals surface area contributed by atoms with Crippen LogP contribution in [0.15, 0.2) is 18.5 Å². The van der Waals surface area contributed by atoms with Crippen molar-refractivity contribution in [2.24, 2.45) is 29.1 Å². The lowest BCUT2D eigenvalue weighted by atomic mass is 9.49. The molecule has 0 unspecified atom stereocenters. The third-order valence-electron chi connectivity index (χ3n) is 8.75. The minimum Gasteiger partial charge on any atom is -0.463 e. The zero-order chi connectivity index (χ0) is 20.6. The minimum absolute atomic E-state index is 0.119. The van der Waals surface area contributed by atoms with E-state index in [0.29, 0.717) is 37.3 Å². The first kappa shape index (κ1) is 19.0. The monoisotopic (exact) mass is 431 g/mol. The number of nitrogens with zero attached hydrogens (tertiary/aromatic N) is 3. The molecule has 6 fully saturated rings. The second kappa shape index (κ2) is 6.40. The molecule has 0 N–H and O–H groups in total. The first-order valence-corrected chi connectivity index (χ1v) is 13.0. The summed E-state index contributed by atoms with van der Waals surface area (Å²) in [6, 6.07) is 1.99. The van der Waals surface area contributed by atoms with Gasteiger partial charge < -0.3 is 9.64 Å². The normalized spacial score (nSPS) is 39.8. The SMILES string of the molecule is O=C(N1CC2(C1)[C@H](COc1ncccn1)CCS2(=O)=O)C12CC3CC(CC(C3)C1)C2. The van der Waals surface area contributed by atoms with Crippen molar-refractivity contribution >= 4 is 15.7 Å². The van der Waals surface area contributed by atoms with E-state index in [-0.39, 0.29) is 35.6 Å². The van der Waals surface area contributed by atoms with Crippen LogP contribution in [0.25, 0.3) is 0 Å². The van der Waals surface area contributed by atoms with Gasteiger partial charge in [0, 0.05) is 31.4 Å². The summed E-state index contributed by atoms with van der Waals surface area (Å²) in [7, 11) is -3.24. The number of amides is 1. The van der Waals surface area contributed by atoms with E-state index in [1.807, 2.05) is 4.90 Å². The van der Waals surface area contributed by atoms with Crippen LogP contribution < -0.4 is 4.74 Å². The molecule has 7 nitrogen and oxygen atoms in total. The average molecular weight is 432 g/mol. The number of aromatic nitrogens is 2. The van der Waals surface area contributed by atoms with E-state index in [4.69, 9.17) is 4.74 Å². The topological polar surface area (TPSA) is 89.5 Å². The Bertz CT molecular complexity index is 923. The highest BCUT2D eigenvalue weighted by atomic mass is 32.2. The van der Waals surface area contributed by atoms with Gasteiger partial charge >= 0.3 is 6.01 Å². The number of sulfone groups is 1. The summed E-state index contributed by atoms with van der Waals surface area (Å²) in [5, 5.41) is 0. The molecule has 8 heteroatoms. The van der Waals surface area contributed by atoms with Crippen LogP contribution in [0.1, 0.15) is 44.9 Å². The van der Waals surface area contributed by atoms with E-state index in [0.717, 1.165) is 19.3 Å². The summed E-state index contributed by atoms with van der Waals surface area (Å²) >= 11 is 0. The number of carbonyl (C=O) groups is 1. The molecule has 4 bridgehead atoms. The predicted octanol–water partition coefficient (Wildman–Crippen LogP) is 2.09. The Labute approximate surface area is 177 Å². The van der Waals surface area contributed by atoms with Crippen molar-refractivity contribution in [3.8, 4) is 6.01 Å². The largest absolute Gasteiger partial charge is 0.463 e. The van der Waals surface area contributed by atoms with Gasteiger partial charge in [-0.1, -0.05) is 0 Å².